The van der Waals surface area contributed by atoms with Gasteiger partial charge in [-0.25, -0.2) is 4.98 Å². The number of fused-ring (bicyclic) bond motifs is 1. The molecule has 42 heavy (non-hydrogen) atoms. The first-order valence-electron chi connectivity index (χ1n) is 14.0. The Labute approximate surface area is 247 Å². The first-order valence-corrected chi connectivity index (χ1v) is 14.8. The molecule has 222 valence electrons. The van der Waals surface area contributed by atoms with Crippen LogP contribution in [0.25, 0.3) is 10.2 Å². The van der Waals surface area contributed by atoms with E-state index in [9.17, 15) is 19.2 Å². The molecule has 13 heteroatoms. The zero-order valence-electron chi connectivity index (χ0n) is 23.5. The molecule has 1 aliphatic heterocycles. The zero-order chi connectivity index (χ0) is 30.2. The van der Waals surface area contributed by atoms with Crippen LogP contribution in [0, 0.1) is 0 Å². The number of hydrogen-bond acceptors (Lipinski definition) is 6. The number of nitrogens with two attached hydrogens (primary N) is 4. The maximum absolute atomic E-state index is 13.7. The number of hydrogen-bond donors (Lipinski definition) is 6. The monoisotopic (exact) mass is 594 g/mol. The van der Waals surface area contributed by atoms with Crippen LogP contribution in [0.15, 0.2) is 48.5 Å². The summed E-state index contributed by atoms with van der Waals surface area (Å²) in [5.74, 6) is -1.33. The second-order valence-electron chi connectivity index (χ2n) is 10.3. The number of likely N-dealkylation sites (tertiary alicyclic amines) is 1. The lowest BCUT2D eigenvalue weighted by Crippen LogP contribution is -2.90. The maximum atomic E-state index is 13.7. The van der Waals surface area contributed by atoms with E-state index in [1.807, 2.05) is 42.7 Å². The van der Waals surface area contributed by atoms with Crippen molar-refractivity contribution in [1.29, 1.82) is 0 Å². The van der Waals surface area contributed by atoms with Crippen molar-refractivity contribution in [1.82, 2.24) is 15.2 Å². The van der Waals surface area contributed by atoms with E-state index in [-0.39, 0.29) is 34.6 Å². The quantitative estimate of drug-likeness (QED) is 0.0567. The highest BCUT2D eigenvalue weighted by atomic mass is 32.1. The third-order valence-corrected chi connectivity index (χ3v) is 8.40. The topological polar surface area (TPSA) is 205 Å². The van der Waals surface area contributed by atoms with Gasteiger partial charge in [0, 0.05) is 18.5 Å². The van der Waals surface area contributed by atoms with Crippen molar-refractivity contribution in [3.05, 3.63) is 64.7 Å². The number of benzene rings is 2. The largest absolute Gasteiger partial charge is 0.366 e. The van der Waals surface area contributed by atoms with Crippen LogP contribution in [-0.2, 0) is 16.0 Å². The molecule has 1 aliphatic rings. The average Bonchev–Trinajstić information content (AvgIpc) is 3.64. The minimum Gasteiger partial charge on any atom is -0.366 e. The molecule has 2 heterocycles. The molecule has 0 spiro atoms. The molecular weight excluding hydrogens is 556 g/mol. The highest BCUT2D eigenvalue weighted by Crippen LogP contribution is 2.25. The van der Waals surface area contributed by atoms with E-state index in [1.54, 1.807) is 23.1 Å². The number of nitrogens with zero attached hydrogens (tertiary/aromatic N) is 2. The molecule has 1 fully saturated rings. The fourth-order valence-corrected chi connectivity index (χ4v) is 6.14. The van der Waals surface area contributed by atoms with Gasteiger partial charge < -0.3 is 21.3 Å². The molecule has 0 radical (unpaired) electrons. The van der Waals surface area contributed by atoms with Crippen LogP contribution in [0.1, 0.15) is 51.4 Å². The number of Topliss-reactive ketones (excluding diaryl/α,β-unsaturated/α-hetero) is 1. The first kappa shape index (κ1) is 30.6. The van der Waals surface area contributed by atoms with Gasteiger partial charge in [0.05, 0.1) is 29.9 Å². The van der Waals surface area contributed by atoms with Crippen molar-refractivity contribution in [3.8, 4) is 0 Å². The van der Waals surface area contributed by atoms with Gasteiger partial charge in [0.2, 0.25) is 17.6 Å². The Morgan fingerprint density at radius 3 is 2.60 bits per heavy atom. The van der Waals surface area contributed by atoms with Crippen LogP contribution in [0.2, 0.25) is 0 Å². The molecule has 1 aromatic heterocycles. The number of nitrogens with one attached hydrogen (secondary N) is 2. The molecular formula is C29H38N8O4S+2. The molecule has 0 saturated carbocycles. The summed E-state index contributed by atoms with van der Waals surface area (Å²) in [4.78, 5) is 61.3. The van der Waals surface area contributed by atoms with Crippen LogP contribution in [0.5, 0.6) is 0 Å². The number of aromatic nitrogens is 1. The minimum atomic E-state index is -0.884. The number of carbonyl (C=O) groups excluding carboxylic acids is 4. The van der Waals surface area contributed by atoms with Crippen molar-refractivity contribution in [2.24, 2.45) is 17.2 Å². The van der Waals surface area contributed by atoms with Crippen LogP contribution >= 0.6 is 11.3 Å². The average molecular weight is 595 g/mol. The number of guanidine groups is 1. The lowest BCUT2D eigenvalue weighted by Gasteiger charge is -2.28. The molecule has 3 aromatic rings. The van der Waals surface area contributed by atoms with Crippen LogP contribution in [0.4, 0.5) is 0 Å². The second kappa shape index (κ2) is 14.0. The van der Waals surface area contributed by atoms with E-state index in [1.165, 1.54) is 0 Å². The number of thiazole rings is 1. The van der Waals surface area contributed by atoms with Crippen molar-refractivity contribution in [2.75, 3.05) is 20.1 Å². The summed E-state index contributed by atoms with van der Waals surface area (Å²) < 4.78 is 0.639. The van der Waals surface area contributed by atoms with Crippen LogP contribution < -0.4 is 32.8 Å². The van der Waals surface area contributed by atoms with Crippen molar-refractivity contribution >= 4 is 51.0 Å². The Morgan fingerprint density at radius 2 is 1.90 bits per heavy atom. The molecule has 12 nitrogen and oxygen atoms in total. The van der Waals surface area contributed by atoms with E-state index in [2.05, 4.69) is 15.3 Å². The summed E-state index contributed by atoms with van der Waals surface area (Å²) in [5, 5.41) is 4.99. The molecule has 4 rings (SSSR count). The fourth-order valence-electron chi connectivity index (χ4n) is 5.14. The number of amides is 3. The van der Waals surface area contributed by atoms with E-state index in [4.69, 9.17) is 17.2 Å². The first-order chi connectivity index (χ1) is 20.2. The predicted molar refractivity (Wildman–Crippen MR) is 159 cm³/mol. The normalized spacial score (nSPS) is 16.1. The van der Waals surface area contributed by atoms with Gasteiger partial charge in [0.25, 0.3) is 5.91 Å². The smallest absolute Gasteiger partial charge is 0.338 e. The molecule has 3 amide bonds. The molecule has 3 atom stereocenters. The van der Waals surface area contributed by atoms with E-state index < -0.39 is 18.0 Å². The van der Waals surface area contributed by atoms with Crippen molar-refractivity contribution in [2.45, 2.75) is 50.2 Å². The highest BCUT2D eigenvalue weighted by Gasteiger charge is 2.39. The number of primary amides is 1. The third kappa shape index (κ3) is 7.47. The van der Waals surface area contributed by atoms with Crippen LogP contribution in [0.3, 0.4) is 0 Å². The van der Waals surface area contributed by atoms with E-state index >= 15 is 0 Å². The number of likely N-dealkylation sites (N-methyl/N-ethyl adjacent to an activating group) is 1. The standard InChI is InChI=1S/C29H36N8O4S/c1-33-21(15-17-7-3-2-4-8-17)28(41)37-14-6-10-22(37)26(40)35-20(9-5-13-34-29(31)32)24(38)27-36-19-12-11-18(25(30)39)16-23(19)42-27/h2-4,7-8,11-12,16,20-22,33H,5-6,9-10,13-15H2,1H3,(H2,30,39)(H,35,40)(H4,31,32,34)/p+2. The van der Waals surface area contributed by atoms with Gasteiger partial charge in [-0.05, 0) is 49.4 Å². The third-order valence-electron chi connectivity index (χ3n) is 7.37. The summed E-state index contributed by atoms with van der Waals surface area (Å²) in [5.41, 5.74) is 18.3. The highest BCUT2D eigenvalue weighted by molar-refractivity contribution is 7.20. The van der Waals surface area contributed by atoms with E-state index in [0.717, 1.165) is 16.9 Å². The number of rotatable bonds is 13. The van der Waals surface area contributed by atoms with Gasteiger partial charge in [-0.3, -0.25) is 35.6 Å². The summed E-state index contributed by atoms with van der Waals surface area (Å²) in [7, 11) is 1.86. The van der Waals surface area contributed by atoms with E-state index in [0.29, 0.717) is 61.0 Å². The van der Waals surface area contributed by atoms with Gasteiger partial charge in [-0.1, -0.05) is 30.3 Å². The Bertz CT molecular complexity index is 1470. The van der Waals surface area contributed by atoms with Gasteiger partial charge in [0.1, 0.15) is 6.04 Å². The number of ketones is 1. The Balaban J connectivity index is 1.51. The minimum absolute atomic E-state index is 0.0660. The number of carbonyl (C=O) groups is 4. The summed E-state index contributed by atoms with van der Waals surface area (Å²) in [6.07, 6.45) is 2.54. The van der Waals surface area contributed by atoms with Gasteiger partial charge in [0.15, 0.2) is 11.0 Å². The SMILES string of the molecule is C[NH2+]C(Cc1ccccc1)C(=O)N1CCCC1C(=O)NC(CCC[NH+]=C(N)N)C(=O)c1nc2ccc(C(N)=O)cc2s1. The lowest BCUT2D eigenvalue weighted by atomic mass is 10.0. The Kier molecular flexibility index (Phi) is 10.2. The maximum Gasteiger partial charge on any atom is 0.338 e. The zero-order valence-corrected chi connectivity index (χ0v) is 24.4. The molecule has 1 saturated heterocycles. The van der Waals surface area contributed by atoms with Crippen LogP contribution in [-0.4, -0.2) is 77.6 Å². The van der Waals surface area contributed by atoms with Gasteiger partial charge >= 0.3 is 5.96 Å². The predicted octanol–water partition coefficient (Wildman–Crippen LogP) is -2.01. The summed E-state index contributed by atoms with van der Waals surface area (Å²) >= 11 is 1.13. The molecule has 10 N–H and O–H groups in total. The van der Waals surface area contributed by atoms with Gasteiger partial charge in [-0.2, -0.15) is 0 Å². The summed E-state index contributed by atoms with van der Waals surface area (Å²) in [6.45, 7) is 0.885. The van der Waals surface area contributed by atoms with Gasteiger partial charge in [-0.15, -0.1) is 11.3 Å². The molecule has 0 bridgehead atoms. The number of quaternary nitrogens is 1. The fraction of sp³-hybridized carbons (Fsp3) is 0.379. The molecule has 3 unspecified atom stereocenters. The van der Waals surface area contributed by atoms with Crippen molar-refractivity contribution in [3.63, 3.8) is 0 Å². The second-order valence-corrected chi connectivity index (χ2v) is 11.4. The Morgan fingerprint density at radius 1 is 1.14 bits per heavy atom. The molecule has 2 aromatic carbocycles. The molecule has 0 aliphatic carbocycles. The summed E-state index contributed by atoms with van der Waals surface area (Å²) in [6, 6.07) is 12.6. The Hall–Kier alpha value is -4.36. The lowest BCUT2D eigenvalue weighted by molar-refractivity contribution is -0.650. The van der Waals surface area contributed by atoms with Crippen molar-refractivity contribution < 1.29 is 29.5 Å².